The van der Waals surface area contributed by atoms with Gasteiger partial charge in [-0.1, -0.05) is 6.08 Å². The first kappa shape index (κ1) is 16.9. The first-order chi connectivity index (χ1) is 9.93. The van der Waals surface area contributed by atoms with E-state index in [1.807, 2.05) is 31.5 Å². The van der Waals surface area contributed by atoms with E-state index in [-0.39, 0.29) is 17.9 Å². The van der Waals surface area contributed by atoms with Crippen molar-refractivity contribution in [3.8, 4) is 0 Å². The Morgan fingerprint density at radius 2 is 2.19 bits per heavy atom. The van der Waals surface area contributed by atoms with Crippen LogP contribution in [0.4, 0.5) is 0 Å². The van der Waals surface area contributed by atoms with Crippen molar-refractivity contribution in [3.05, 3.63) is 29.6 Å². The number of hydrogen-bond acceptors (Lipinski definition) is 4. The van der Waals surface area contributed by atoms with Crippen LogP contribution in [0.25, 0.3) is 0 Å². The molecule has 0 fully saturated rings. The Balaban J connectivity index is 2.32. The predicted molar refractivity (Wildman–Crippen MR) is 79.8 cm³/mol. The van der Waals surface area contributed by atoms with Gasteiger partial charge in [0.15, 0.2) is 0 Å². The summed E-state index contributed by atoms with van der Waals surface area (Å²) in [7, 11) is 1.33. The number of aromatic nitrogens is 2. The number of ether oxygens (including phenoxy) is 1. The van der Waals surface area contributed by atoms with Crippen molar-refractivity contribution in [3.63, 3.8) is 0 Å². The minimum Gasteiger partial charge on any atom is -0.466 e. The number of hydrogen-bond donors (Lipinski definition) is 1. The smallest absolute Gasteiger partial charge is 0.330 e. The van der Waals surface area contributed by atoms with Gasteiger partial charge in [0.2, 0.25) is 5.91 Å². The third kappa shape index (κ3) is 5.81. The highest BCUT2D eigenvalue weighted by molar-refractivity contribution is 5.81. The molecule has 1 N–H and O–H groups in total. The van der Waals surface area contributed by atoms with Gasteiger partial charge in [-0.3, -0.25) is 9.48 Å². The number of esters is 1. The van der Waals surface area contributed by atoms with Crippen LogP contribution in [0, 0.1) is 13.8 Å². The van der Waals surface area contributed by atoms with E-state index in [0.29, 0.717) is 19.4 Å². The lowest BCUT2D eigenvalue weighted by atomic mass is 10.2. The summed E-state index contributed by atoms with van der Waals surface area (Å²) in [5, 5.41) is 7.19. The molecule has 6 nitrogen and oxygen atoms in total. The third-order valence-corrected chi connectivity index (χ3v) is 3.03. The highest BCUT2D eigenvalue weighted by Gasteiger charge is 2.13. The second-order valence-electron chi connectivity index (χ2n) is 4.99. The van der Waals surface area contributed by atoms with Gasteiger partial charge >= 0.3 is 5.97 Å². The van der Waals surface area contributed by atoms with Crippen LogP contribution < -0.4 is 5.32 Å². The molecule has 0 radical (unpaired) electrons. The average Bonchev–Trinajstić information content (AvgIpc) is 2.77. The molecular weight excluding hydrogens is 270 g/mol. The lowest BCUT2D eigenvalue weighted by molar-refractivity contribution is -0.134. The molecule has 0 saturated heterocycles. The zero-order valence-electron chi connectivity index (χ0n) is 13.0. The molecule has 0 aliphatic rings. The average molecular weight is 293 g/mol. The van der Waals surface area contributed by atoms with Gasteiger partial charge in [-0.2, -0.15) is 5.10 Å². The van der Waals surface area contributed by atoms with Gasteiger partial charge < -0.3 is 10.1 Å². The van der Waals surface area contributed by atoms with E-state index in [1.54, 1.807) is 6.08 Å². The minimum absolute atomic E-state index is 0.0179. The SMILES string of the molecule is COC(=O)/C=C/CCNC(=O)CC(C)n1nc(C)cc1C. The molecule has 0 saturated carbocycles. The third-order valence-electron chi connectivity index (χ3n) is 3.03. The standard InChI is InChI=1S/C15H23N3O3/c1-11-9-12(2)18(17-11)13(3)10-14(19)16-8-6-5-7-15(20)21-4/h5,7,9,13H,6,8,10H2,1-4H3,(H,16,19)/b7-5+. The maximum atomic E-state index is 11.8. The first-order valence-electron chi connectivity index (χ1n) is 6.98. The molecule has 1 amide bonds. The molecular formula is C15H23N3O3. The van der Waals surface area contributed by atoms with Gasteiger partial charge in [-0.25, -0.2) is 4.79 Å². The number of nitrogens with one attached hydrogen (secondary N) is 1. The van der Waals surface area contributed by atoms with Crippen LogP contribution in [0.1, 0.15) is 37.2 Å². The molecule has 6 heteroatoms. The summed E-state index contributed by atoms with van der Waals surface area (Å²) in [5.74, 6) is -0.416. The van der Waals surface area contributed by atoms with E-state index >= 15 is 0 Å². The molecule has 0 spiro atoms. The van der Waals surface area contributed by atoms with Crippen molar-refractivity contribution < 1.29 is 14.3 Å². The van der Waals surface area contributed by atoms with Crippen molar-refractivity contribution >= 4 is 11.9 Å². The summed E-state index contributed by atoms with van der Waals surface area (Å²) in [6.07, 6.45) is 4.00. The number of rotatable bonds is 7. The summed E-state index contributed by atoms with van der Waals surface area (Å²) in [5.41, 5.74) is 2.00. The molecule has 1 rings (SSSR count). The summed E-state index contributed by atoms with van der Waals surface area (Å²) in [6, 6.07) is 2.01. The van der Waals surface area contributed by atoms with Crippen LogP contribution >= 0.6 is 0 Å². The maximum Gasteiger partial charge on any atom is 0.330 e. The molecule has 1 unspecified atom stereocenters. The van der Waals surface area contributed by atoms with Crippen molar-refractivity contribution in [1.29, 1.82) is 0 Å². The highest BCUT2D eigenvalue weighted by atomic mass is 16.5. The number of amides is 1. The van der Waals surface area contributed by atoms with E-state index in [2.05, 4.69) is 15.2 Å². The lowest BCUT2D eigenvalue weighted by Crippen LogP contribution is -2.27. The Bertz CT molecular complexity index is 520. The number of nitrogens with zero attached hydrogens (tertiary/aromatic N) is 2. The Kier molecular flexibility index (Phi) is 6.65. The molecule has 1 heterocycles. The van der Waals surface area contributed by atoms with Gasteiger partial charge in [-0.15, -0.1) is 0 Å². The Hall–Kier alpha value is -2.11. The van der Waals surface area contributed by atoms with E-state index < -0.39 is 0 Å². The van der Waals surface area contributed by atoms with Crippen molar-refractivity contribution in [2.75, 3.05) is 13.7 Å². The Morgan fingerprint density at radius 1 is 1.48 bits per heavy atom. The van der Waals surface area contributed by atoms with Crippen LogP contribution in [0.2, 0.25) is 0 Å². The molecule has 1 atom stereocenters. The van der Waals surface area contributed by atoms with E-state index in [1.165, 1.54) is 13.2 Å². The number of carbonyl (C=O) groups is 2. The second kappa shape index (κ2) is 8.24. The fourth-order valence-corrected chi connectivity index (χ4v) is 2.06. The molecule has 1 aromatic rings. The Labute approximate surface area is 125 Å². The molecule has 0 aliphatic heterocycles. The van der Waals surface area contributed by atoms with Gasteiger partial charge in [0.05, 0.1) is 18.8 Å². The van der Waals surface area contributed by atoms with Crippen LogP contribution in [-0.2, 0) is 14.3 Å². The number of carbonyl (C=O) groups excluding carboxylic acids is 2. The fourth-order valence-electron chi connectivity index (χ4n) is 2.06. The van der Waals surface area contributed by atoms with E-state index in [9.17, 15) is 9.59 Å². The molecule has 21 heavy (non-hydrogen) atoms. The molecule has 116 valence electrons. The normalized spacial score (nSPS) is 12.4. The summed E-state index contributed by atoms with van der Waals surface area (Å²) in [6.45, 7) is 6.38. The monoisotopic (exact) mass is 293 g/mol. The Morgan fingerprint density at radius 3 is 2.76 bits per heavy atom. The maximum absolute atomic E-state index is 11.8. The predicted octanol–water partition coefficient (Wildman–Crippen LogP) is 1.69. The van der Waals surface area contributed by atoms with Gasteiger partial charge in [-0.05, 0) is 33.3 Å². The summed E-state index contributed by atoms with van der Waals surface area (Å²) in [4.78, 5) is 22.7. The van der Waals surface area contributed by atoms with Crippen molar-refractivity contribution in [1.82, 2.24) is 15.1 Å². The highest BCUT2D eigenvalue weighted by Crippen LogP contribution is 2.13. The number of methoxy groups -OCH3 is 1. The first-order valence-corrected chi connectivity index (χ1v) is 6.98. The largest absolute Gasteiger partial charge is 0.466 e. The molecule has 0 aliphatic carbocycles. The summed E-state index contributed by atoms with van der Waals surface area (Å²) < 4.78 is 6.34. The zero-order valence-corrected chi connectivity index (χ0v) is 13.0. The topological polar surface area (TPSA) is 73.2 Å². The minimum atomic E-state index is -0.389. The number of aryl methyl sites for hydroxylation is 2. The zero-order chi connectivity index (χ0) is 15.8. The molecule has 1 aromatic heterocycles. The van der Waals surface area contributed by atoms with Gasteiger partial charge in [0.25, 0.3) is 0 Å². The van der Waals surface area contributed by atoms with Crippen LogP contribution in [-0.4, -0.2) is 35.3 Å². The van der Waals surface area contributed by atoms with Crippen LogP contribution in [0.3, 0.4) is 0 Å². The molecule has 0 bridgehead atoms. The van der Waals surface area contributed by atoms with Crippen molar-refractivity contribution in [2.24, 2.45) is 0 Å². The van der Waals surface area contributed by atoms with Crippen molar-refractivity contribution in [2.45, 2.75) is 39.7 Å². The van der Waals surface area contributed by atoms with Gasteiger partial charge in [0, 0.05) is 24.7 Å². The fraction of sp³-hybridized carbons (Fsp3) is 0.533. The second-order valence-corrected chi connectivity index (χ2v) is 4.99. The van der Waals surface area contributed by atoms with Crippen LogP contribution in [0.15, 0.2) is 18.2 Å². The lowest BCUT2D eigenvalue weighted by Gasteiger charge is -2.14. The summed E-state index contributed by atoms with van der Waals surface area (Å²) >= 11 is 0. The van der Waals surface area contributed by atoms with E-state index in [4.69, 9.17) is 0 Å². The van der Waals surface area contributed by atoms with Gasteiger partial charge in [0.1, 0.15) is 0 Å². The quantitative estimate of drug-likeness (QED) is 0.471. The van der Waals surface area contributed by atoms with E-state index in [0.717, 1.165) is 11.4 Å². The van der Waals surface area contributed by atoms with Crippen LogP contribution in [0.5, 0.6) is 0 Å². The molecule has 0 aromatic carbocycles.